The Morgan fingerprint density at radius 3 is 1.63 bits per heavy atom. The van der Waals surface area contributed by atoms with Gasteiger partial charge in [-0.3, -0.25) is 4.79 Å². The normalized spacial score (nSPS) is 15.1. The summed E-state index contributed by atoms with van der Waals surface area (Å²) in [6, 6.07) is 0. The van der Waals surface area contributed by atoms with Crippen LogP contribution in [0.3, 0.4) is 0 Å². The molecule has 0 rings (SSSR count). The van der Waals surface area contributed by atoms with E-state index in [1.165, 1.54) is 90.4 Å². The molecule has 5 heteroatoms. The van der Waals surface area contributed by atoms with E-state index in [1.807, 2.05) is 0 Å². The second-order valence-electron chi connectivity index (χ2n) is 12.1. The summed E-state index contributed by atoms with van der Waals surface area (Å²) in [7, 11) is -0.739. The van der Waals surface area contributed by atoms with Gasteiger partial charge in [-0.15, -0.1) is 0 Å². The Labute approximate surface area is 222 Å². The van der Waals surface area contributed by atoms with Gasteiger partial charge in [-0.05, 0) is 23.3 Å². The van der Waals surface area contributed by atoms with E-state index in [9.17, 15) is 4.79 Å². The summed E-state index contributed by atoms with van der Waals surface area (Å²) >= 11 is 0. The molecule has 0 spiro atoms. The molecule has 0 aliphatic rings. The lowest BCUT2D eigenvalue weighted by molar-refractivity contribution is -0.158. The number of unbranched alkanes of at least 4 members (excludes halogenated alkanes) is 13. The fourth-order valence-electron chi connectivity index (χ4n) is 4.24. The molecule has 3 unspecified atom stereocenters. The number of carbonyl (C=O) groups excluding carboxylic acids is 1. The van der Waals surface area contributed by atoms with Crippen LogP contribution in [0, 0.1) is 11.3 Å². The fourth-order valence-corrected chi connectivity index (χ4v) is 5.85. The predicted molar refractivity (Wildman–Crippen MR) is 154 cm³/mol. The van der Waals surface area contributed by atoms with Crippen LogP contribution in [0.2, 0.25) is 5.54 Å². The second-order valence-corrected chi connectivity index (χ2v) is 14.0. The van der Waals surface area contributed by atoms with E-state index in [0.717, 1.165) is 13.0 Å². The zero-order valence-electron chi connectivity index (χ0n) is 25.0. The van der Waals surface area contributed by atoms with E-state index in [0.29, 0.717) is 12.1 Å². The Hall–Kier alpha value is -0.393. The first-order chi connectivity index (χ1) is 16.6. The van der Waals surface area contributed by atoms with Crippen LogP contribution in [-0.2, 0) is 18.7 Å². The Morgan fingerprint density at radius 2 is 1.23 bits per heavy atom. The highest BCUT2D eigenvalue weighted by Crippen LogP contribution is 2.30. The fraction of sp³-hybridized carbons (Fsp3) is 0.967. The van der Waals surface area contributed by atoms with Gasteiger partial charge in [-0.1, -0.05) is 132 Å². The maximum Gasteiger partial charge on any atom is 0.303 e. The number of rotatable bonds is 23. The summed E-state index contributed by atoms with van der Waals surface area (Å²) in [5.41, 5.74) is 0.799. The number of hydrogen-bond acceptors (Lipinski definition) is 4. The largest absolute Gasteiger partial charge is 0.457 e. The van der Waals surface area contributed by atoms with Crippen molar-refractivity contribution >= 4 is 15.7 Å². The lowest BCUT2D eigenvalue weighted by Crippen LogP contribution is -2.42. The highest BCUT2D eigenvalue weighted by atomic mass is 28.2. The summed E-state index contributed by atoms with van der Waals surface area (Å²) in [5, 5.41) is 0. The smallest absolute Gasteiger partial charge is 0.303 e. The molecule has 0 N–H and O–H groups in total. The van der Waals surface area contributed by atoms with Crippen molar-refractivity contribution in [2.24, 2.45) is 11.3 Å². The van der Waals surface area contributed by atoms with E-state index in [-0.39, 0.29) is 29.5 Å². The first-order valence-electron chi connectivity index (χ1n) is 15.0. The van der Waals surface area contributed by atoms with E-state index < -0.39 is 9.76 Å². The second kappa shape index (κ2) is 21.7. The third-order valence-corrected chi connectivity index (χ3v) is 9.58. The highest BCUT2D eigenvalue weighted by Gasteiger charge is 2.30. The molecule has 0 saturated heterocycles. The number of ether oxygens (including phenoxy) is 2. The maximum absolute atomic E-state index is 11.7. The molecule has 210 valence electrons. The Kier molecular flexibility index (Phi) is 21.4. The molecule has 0 fully saturated rings. The standard InChI is InChI=1S/C30H62O4Si/c1-9-10-11-12-13-14-15-16-17-18-19-20-21-22-23-32-24-28(33-27(5)31)29(25(2)3)34-35-26(4)30(6,7)8/h25-26,28-29H,9-24,35H2,1-8H3. The zero-order chi connectivity index (χ0) is 26.5. The summed E-state index contributed by atoms with van der Waals surface area (Å²) in [5.74, 6) is 0.0264. The summed E-state index contributed by atoms with van der Waals surface area (Å²) in [6.45, 7) is 18.3. The molecule has 0 bridgehead atoms. The summed E-state index contributed by atoms with van der Waals surface area (Å²) < 4.78 is 18.0. The van der Waals surface area contributed by atoms with Crippen molar-refractivity contribution in [2.75, 3.05) is 13.2 Å². The molecule has 0 aromatic heterocycles. The first-order valence-corrected chi connectivity index (χ1v) is 16.4. The van der Waals surface area contributed by atoms with Crippen molar-refractivity contribution in [3.05, 3.63) is 0 Å². The minimum absolute atomic E-state index is 0.0910. The van der Waals surface area contributed by atoms with Gasteiger partial charge in [0.15, 0.2) is 9.76 Å². The van der Waals surface area contributed by atoms with Gasteiger partial charge in [0.05, 0.1) is 12.7 Å². The van der Waals surface area contributed by atoms with Gasteiger partial charge in [0.2, 0.25) is 0 Å². The molecule has 3 atom stereocenters. The summed E-state index contributed by atoms with van der Waals surface area (Å²) in [4.78, 5) is 11.7. The van der Waals surface area contributed by atoms with Gasteiger partial charge in [-0.25, -0.2) is 0 Å². The van der Waals surface area contributed by atoms with Crippen molar-refractivity contribution in [1.29, 1.82) is 0 Å². The van der Waals surface area contributed by atoms with E-state index in [4.69, 9.17) is 13.9 Å². The van der Waals surface area contributed by atoms with Crippen LogP contribution in [0.5, 0.6) is 0 Å². The number of esters is 1. The van der Waals surface area contributed by atoms with Crippen molar-refractivity contribution in [2.45, 2.75) is 163 Å². The van der Waals surface area contributed by atoms with Crippen molar-refractivity contribution in [3.8, 4) is 0 Å². The molecular weight excluding hydrogens is 452 g/mol. The van der Waals surface area contributed by atoms with Crippen molar-refractivity contribution in [1.82, 2.24) is 0 Å². The molecule has 0 heterocycles. The molecule has 0 saturated carbocycles. The van der Waals surface area contributed by atoms with Crippen LogP contribution >= 0.6 is 0 Å². The molecule has 4 nitrogen and oxygen atoms in total. The predicted octanol–water partition coefficient (Wildman–Crippen LogP) is 8.40. The maximum atomic E-state index is 11.7. The van der Waals surface area contributed by atoms with Crippen LogP contribution in [-0.4, -0.2) is 41.2 Å². The molecule has 0 aromatic carbocycles. The third-order valence-electron chi connectivity index (χ3n) is 7.28. The van der Waals surface area contributed by atoms with Crippen LogP contribution in [0.25, 0.3) is 0 Å². The molecule has 0 aromatic rings. The molecule has 0 aliphatic heterocycles. The minimum Gasteiger partial charge on any atom is -0.457 e. The Balaban J connectivity index is 4.00. The van der Waals surface area contributed by atoms with Crippen LogP contribution < -0.4 is 0 Å². The van der Waals surface area contributed by atoms with E-state index in [1.54, 1.807) is 0 Å². The quantitative estimate of drug-likeness (QED) is 0.0780. The van der Waals surface area contributed by atoms with Gasteiger partial charge >= 0.3 is 5.97 Å². The molecule has 0 amide bonds. The monoisotopic (exact) mass is 514 g/mol. The van der Waals surface area contributed by atoms with Gasteiger partial charge in [0.1, 0.15) is 6.10 Å². The van der Waals surface area contributed by atoms with Gasteiger partial charge in [0, 0.05) is 13.5 Å². The molecular formula is C30H62O4Si. The number of carbonyl (C=O) groups is 1. The molecule has 35 heavy (non-hydrogen) atoms. The van der Waals surface area contributed by atoms with Crippen LogP contribution in [0.1, 0.15) is 145 Å². The van der Waals surface area contributed by atoms with Gasteiger partial charge in [0.25, 0.3) is 0 Å². The van der Waals surface area contributed by atoms with Crippen molar-refractivity contribution < 1.29 is 18.7 Å². The average Bonchev–Trinajstić information content (AvgIpc) is 2.77. The molecule has 0 aliphatic carbocycles. The summed E-state index contributed by atoms with van der Waals surface area (Å²) in [6.07, 6.45) is 18.6. The topological polar surface area (TPSA) is 44.8 Å². The Bertz CT molecular complexity index is 489. The first kappa shape index (κ1) is 34.6. The Morgan fingerprint density at radius 1 is 0.771 bits per heavy atom. The van der Waals surface area contributed by atoms with Crippen LogP contribution in [0.4, 0.5) is 0 Å². The van der Waals surface area contributed by atoms with E-state index in [2.05, 4.69) is 48.5 Å². The lowest BCUT2D eigenvalue weighted by atomic mass is 9.93. The van der Waals surface area contributed by atoms with Crippen molar-refractivity contribution in [3.63, 3.8) is 0 Å². The van der Waals surface area contributed by atoms with Gasteiger partial charge in [-0.2, -0.15) is 0 Å². The molecule has 0 radical (unpaired) electrons. The van der Waals surface area contributed by atoms with Crippen LogP contribution in [0.15, 0.2) is 0 Å². The highest BCUT2D eigenvalue weighted by molar-refractivity contribution is 6.29. The van der Waals surface area contributed by atoms with Gasteiger partial charge < -0.3 is 13.9 Å². The average molecular weight is 515 g/mol. The minimum atomic E-state index is -0.739. The third kappa shape index (κ3) is 20.4. The van der Waals surface area contributed by atoms with E-state index >= 15 is 0 Å². The zero-order valence-corrected chi connectivity index (χ0v) is 26.4. The number of hydrogen-bond donors (Lipinski definition) is 0. The lowest BCUT2D eigenvalue weighted by Gasteiger charge is -2.33. The SMILES string of the molecule is CCCCCCCCCCCCCCCCOCC(OC(C)=O)C(O[SiH2]C(C)C(C)(C)C)C(C)C.